The number of benzene rings is 1. The SMILES string of the molecule is C[C@@H]1OC(=O)CC(N[C@H](C)c2ccccc2)C1C(=O)O. The molecule has 2 rings (SSSR count). The van der Waals surface area contributed by atoms with Crippen molar-refractivity contribution in [2.75, 3.05) is 0 Å². The Labute approximate surface area is 117 Å². The average Bonchev–Trinajstić information content (AvgIpc) is 2.38. The number of esters is 1. The third kappa shape index (κ3) is 3.17. The Balaban J connectivity index is 2.12. The van der Waals surface area contributed by atoms with E-state index >= 15 is 0 Å². The first-order valence-corrected chi connectivity index (χ1v) is 6.72. The third-order valence-electron chi connectivity index (χ3n) is 3.69. The fraction of sp³-hybridized carbons (Fsp3) is 0.467. The van der Waals surface area contributed by atoms with Gasteiger partial charge in [0.25, 0.3) is 0 Å². The molecule has 0 amide bonds. The first-order valence-electron chi connectivity index (χ1n) is 6.72. The van der Waals surface area contributed by atoms with Crippen molar-refractivity contribution in [1.29, 1.82) is 0 Å². The van der Waals surface area contributed by atoms with Crippen molar-refractivity contribution < 1.29 is 19.4 Å². The highest BCUT2D eigenvalue weighted by Crippen LogP contribution is 2.25. The summed E-state index contributed by atoms with van der Waals surface area (Å²) in [7, 11) is 0. The Hall–Kier alpha value is -1.88. The van der Waals surface area contributed by atoms with Crippen LogP contribution in [0.2, 0.25) is 0 Å². The van der Waals surface area contributed by atoms with Gasteiger partial charge in [-0.15, -0.1) is 0 Å². The predicted molar refractivity (Wildman–Crippen MR) is 73.1 cm³/mol. The number of carboxylic acid groups (broad SMARTS) is 1. The quantitative estimate of drug-likeness (QED) is 0.820. The van der Waals surface area contributed by atoms with Crippen molar-refractivity contribution in [2.45, 2.75) is 38.5 Å². The molecule has 5 nitrogen and oxygen atoms in total. The smallest absolute Gasteiger partial charge is 0.311 e. The third-order valence-corrected chi connectivity index (χ3v) is 3.69. The summed E-state index contributed by atoms with van der Waals surface area (Å²) >= 11 is 0. The summed E-state index contributed by atoms with van der Waals surface area (Å²) < 4.78 is 5.02. The lowest BCUT2D eigenvalue weighted by atomic mass is 9.88. The monoisotopic (exact) mass is 277 g/mol. The summed E-state index contributed by atoms with van der Waals surface area (Å²) in [6, 6.07) is 9.28. The molecule has 0 saturated carbocycles. The minimum absolute atomic E-state index is 0.0267. The number of carbonyl (C=O) groups is 2. The number of hydrogen-bond acceptors (Lipinski definition) is 4. The van der Waals surface area contributed by atoms with Crippen LogP contribution in [0.4, 0.5) is 0 Å². The zero-order chi connectivity index (χ0) is 14.7. The molecule has 1 aliphatic heterocycles. The molecule has 1 aromatic carbocycles. The van der Waals surface area contributed by atoms with Crippen LogP contribution in [0.15, 0.2) is 30.3 Å². The van der Waals surface area contributed by atoms with Crippen LogP contribution in [0.1, 0.15) is 31.9 Å². The Bertz CT molecular complexity index is 488. The normalized spacial score (nSPS) is 27.7. The molecule has 1 aromatic rings. The Morgan fingerprint density at radius 2 is 2.05 bits per heavy atom. The zero-order valence-corrected chi connectivity index (χ0v) is 11.6. The highest BCUT2D eigenvalue weighted by molar-refractivity contribution is 5.78. The van der Waals surface area contributed by atoms with Gasteiger partial charge in [0.2, 0.25) is 0 Å². The van der Waals surface area contributed by atoms with Crippen molar-refractivity contribution in [3.8, 4) is 0 Å². The van der Waals surface area contributed by atoms with Crippen LogP contribution >= 0.6 is 0 Å². The van der Waals surface area contributed by atoms with E-state index in [0.717, 1.165) is 5.56 Å². The molecule has 20 heavy (non-hydrogen) atoms. The standard InChI is InChI=1S/C15H19NO4/c1-9(11-6-4-3-5-7-11)16-12-8-13(17)20-10(2)14(12)15(18)19/h3-7,9-10,12,14,16H,8H2,1-2H3,(H,18,19)/t9-,10+,12?,14?/m1/s1. The van der Waals surface area contributed by atoms with Gasteiger partial charge in [0.1, 0.15) is 12.0 Å². The zero-order valence-electron chi connectivity index (χ0n) is 11.6. The molecule has 2 unspecified atom stereocenters. The number of nitrogens with one attached hydrogen (secondary N) is 1. The minimum atomic E-state index is -0.942. The van der Waals surface area contributed by atoms with E-state index in [1.54, 1.807) is 6.92 Å². The molecule has 1 fully saturated rings. The summed E-state index contributed by atoms with van der Waals surface area (Å²) in [6.45, 7) is 3.58. The van der Waals surface area contributed by atoms with Crippen molar-refractivity contribution in [3.05, 3.63) is 35.9 Å². The van der Waals surface area contributed by atoms with E-state index < -0.39 is 24.0 Å². The van der Waals surface area contributed by atoms with Gasteiger partial charge in [0.05, 0.1) is 6.42 Å². The van der Waals surface area contributed by atoms with Crippen LogP contribution in [0, 0.1) is 5.92 Å². The fourth-order valence-corrected chi connectivity index (χ4v) is 2.66. The lowest BCUT2D eigenvalue weighted by Gasteiger charge is -2.35. The van der Waals surface area contributed by atoms with Gasteiger partial charge in [-0.05, 0) is 19.4 Å². The number of cyclic esters (lactones) is 1. The summed E-state index contributed by atoms with van der Waals surface area (Å²) in [5, 5.41) is 12.6. The second-order valence-electron chi connectivity index (χ2n) is 5.17. The fourth-order valence-electron chi connectivity index (χ4n) is 2.66. The molecule has 0 bridgehead atoms. The maximum absolute atomic E-state index is 11.5. The molecule has 1 saturated heterocycles. The Morgan fingerprint density at radius 3 is 2.65 bits per heavy atom. The van der Waals surface area contributed by atoms with Crippen LogP contribution in [-0.4, -0.2) is 29.2 Å². The van der Waals surface area contributed by atoms with Crippen molar-refractivity contribution in [2.24, 2.45) is 5.92 Å². The van der Waals surface area contributed by atoms with Crippen molar-refractivity contribution >= 4 is 11.9 Å². The molecule has 1 aliphatic rings. The molecule has 5 heteroatoms. The Kier molecular flexibility index (Phi) is 4.39. The summed E-state index contributed by atoms with van der Waals surface area (Å²) in [5.74, 6) is -2.02. The lowest BCUT2D eigenvalue weighted by Crippen LogP contribution is -2.52. The second-order valence-corrected chi connectivity index (χ2v) is 5.17. The molecule has 0 radical (unpaired) electrons. The maximum atomic E-state index is 11.5. The molecule has 0 aliphatic carbocycles. The van der Waals surface area contributed by atoms with Gasteiger partial charge in [-0.25, -0.2) is 0 Å². The second kappa shape index (κ2) is 6.05. The van der Waals surface area contributed by atoms with Crippen LogP contribution < -0.4 is 5.32 Å². The van der Waals surface area contributed by atoms with Crippen LogP contribution in [-0.2, 0) is 14.3 Å². The van der Waals surface area contributed by atoms with Crippen molar-refractivity contribution in [3.63, 3.8) is 0 Å². The number of rotatable bonds is 4. The number of hydrogen-bond donors (Lipinski definition) is 2. The molecular formula is C15H19NO4. The maximum Gasteiger partial charge on any atom is 0.311 e. The van der Waals surface area contributed by atoms with E-state index in [2.05, 4.69) is 5.32 Å². The molecule has 2 N–H and O–H groups in total. The van der Waals surface area contributed by atoms with E-state index in [9.17, 15) is 14.7 Å². The highest BCUT2D eigenvalue weighted by Gasteiger charge is 2.41. The van der Waals surface area contributed by atoms with Crippen molar-refractivity contribution in [1.82, 2.24) is 5.32 Å². The molecule has 0 aromatic heterocycles. The summed E-state index contributed by atoms with van der Waals surface area (Å²) in [4.78, 5) is 22.9. The van der Waals surface area contributed by atoms with E-state index in [1.807, 2.05) is 37.3 Å². The molecule has 4 atom stereocenters. The largest absolute Gasteiger partial charge is 0.481 e. The predicted octanol–water partition coefficient (Wildman–Crippen LogP) is 1.74. The molecular weight excluding hydrogens is 258 g/mol. The minimum Gasteiger partial charge on any atom is -0.481 e. The van der Waals surface area contributed by atoms with Gasteiger partial charge >= 0.3 is 11.9 Å². The number of ether oxygens (including phenoxy) is 1. The van der Waals surface area contributed by atoms with E-state index in [0.29, 0.717) is 0 Å². The molecule has 108 valence electrons. The lowest BCUT2D eigenvalue weighted by molar-refractivity contribution is -0.167. The average molecular weight is 277 g/mol. The Morgan fingerprint density at radius 1 is 1.40 bits per heavy atom. The summed E-state index contributed by atoms with van der Waals surface area (Å²) in [6.07, 6.45) is -0.535. The van der Waals surface area contributed by atoms with Gasteiger partial charge < -0.3 is 15.2 Å². The van der Waals surface area contributed by atoms with Gasteiger partial charge in [-0.1, -0.05) is 30.3 Å². The van der Waals surface area contributed by atoms with Gasteiger partial charge in [0, 0.05) is 12.1 Å². The van der Waals surface area contributed by atoms with Gasteiger partial charge in [-0.2, -0.15) is 0 Å². The van der Waals surface area contributed by atoms with E-state index in [4.69, 9.17) is 4.74 Å². The van der Waals surface area contributed by atoms with Gasteiger partial charge in [-0.3, -0.25) is 9.59 Å². The van der Waals surface area contributed by atoms with Crippen LogP contribution in [0.5, 0.6) is 0 Å². The first kappa shape index (κ1) is 14.5. The van der Waals surface area contributed by atoms with Crippen LogP contribution in [0.3, 0.4) is 0 Å². The highest BCUT2D eigenvalue weighted by atomic mass is 16.5. The number of carbonyl (C=O) groups excluding carboxylic acids is 1. The number of aliphatic carboxylic acids is 1. The van der Waals surface area contributed by atoms with Crippen LogP contribution in [0.25, 0.3) is 0 Å². The molecule has 1 heterocycles. The van der Waals surface area contributed by atoms with E-state index in [-0.39, 0.29) is 18.4 Å². The molecule has 0 spiro atoms. The topological polar surface area (TPSA) is 75.6 Å². The van der Waals surface area contributed by atoms with E-state index in [1.165, 1.54) is 0 Å². The number of carboxylic acids is 1. The first-order chi connectivity index (χ1) is 9.49. The summed E-state index contributed by atoms with van der Waals surface area (Å²) in [5.41, 5.74) is 1.06. The van der Waals surface area contributed by atoms with Gasteiger partial charge in [0.15, 0.2) is 0 Å².